The van der Waals surface area contributed by atoms with E-state index in [2.05, 4.69) is 5.10 Å². The highest BCUT2D eigenvalue weighted by atomic mass is 32.2. The first kappa shape index (κ1) is 11.1. The normalized spacial score (nSPS) is 24.0. The standard InChI is InChI=1S/C11H14N2O2S/c1-9-12-13(2)8-11(16(9,14)15)10-6-4-3-5-7-10/h3-7,11H,8H2,1-2H3. The van der Waals surface area contributed by atoms with Crippen molar-refractivity contribution in [3.05, 3.63) is 35.9 Å². The topological polar surface area (TPSA) is 49.7 Å². The van der Waals surface area contributed by atoms with Gasteiger partial charge in [-0.3, -0.25) is 5.01 Å². The number of sulfone groups is 1. The molecule has 1 aromatic rings. The van der Waals surface area contributed by atoms with Gasteiger partial charge in [0.2, 0.25) is 9.84 Å². The van der Waals surface area contributed by atoms with Crippen LogP contribution in [0.15, 0.2) is 35.4 Å². The molecule has 0 aliphatic carbocycles. The second kappa shape index (κ2) is 3.90. The number of rotatable bonds is 1. The van der Waals surface area contributed by atoms with Crippen molar-refractivity contribution in [3.63, 3.8) is 0 Å². The van der Waals surface area contributed by atoms with Crippen LogP contribution in [0.5, 0.6) is 0 Å². The van der Waals surface area contributed by atoms with Crippen LogP contribution in [0.1, 0.15) is 17.7 Å². The van der Waals surface area contributed by atoms with Crippen LogP contribution in [0, 0.1) is 0 Å². The fourth-order valence-corrected chi connectivity index (χ4v) is 3.43. The van der Waals surface area contributed by atoms with Gasteiger partial charge in [0.15, 0.2) is 0 Å². The summed E-state index contributed by atoms with van der Waals surface area (Å²) in [4.78, 5) is 0. The Balaban J connectivity index is 2.48. The Morgan fingerprint density at radius 1 is 1.31 bits per heavy atom. The average Bonchev–Trinajstić information content (AvgIpc) is 2.25. The minimum absolute atomic E-state index is 0.190. The number of hydrazone groups is 1. The Kier molecular flexibility index (Phi) is 2.71. The van der Waals surface area contributed by atoms with Gasteiger partial charge in [0.25, 0.3) is 0 Å². The van der Waals surface area contributed by atoms with Crippen LogP contribution in [0.3, 0.4) is 0 Å². The molecule has 0 radical (unpaired) electrons. The van der Waals surface area contributed by atoms with Crippen molar-refractivity contribution in [1.29, 1.82) is 0 Å². The van der Waals surface area contributed by atoms with E-state index >= 15 is 0 Å². The number of hydrogen-bond donors (Lipinski definition) is 0. The molecule has 0 aromatic heterocycles. The van der Waals surface area contributed by atoms with Crippen molar-refractivity contribution in [2.24, 2.45) is 5.10 Å². The lowest BCUT2D eigenvalue weighted by Crippen LogP contribution is -2.35. The lowest BCUT2D eigenvalue weighted by Gasteiger charge is -2.27. The number of nitrogens with zero attached hydrogens (tertiary/aromatic N) is 2. The van der Waals surface area contributed by atoms with E-state index in [1.165, 1.54) is 0 Å². The summed E-state index contributed by atoms with van der Waals surface area (Å²) in [6.07, 6.45) is 0. The quantitative estimate of drug-likeness (QED) is 0.743. The third-order valence-corrected chi connectivity index (χ3v) is 4.77. The van der Waals surface area contributed by atoms with Crippen molar-refractivity contribution in [3.8, 4) is 0 Å². The van der Waals surface area contributed by atoms with Gasteiger partial charge in [0, 0.05) is 7.05 Å². The first-order valence-electron chi connectivity index (χ1n) is 5.07. The van der Waals surface area contributed by atoms with E-state index in [0.717, 1.165) is 5.56 Å². The van der Waals surface area contributed by atoms with E-state index in [9.17, 15) is 8.42 Å². The minimum Gasteiger partial charge on any atom is -0.298 e. The first-order valence-corrected chi connectivity index (χ1v) is 6.61. The molecule has 5 heteroatoms. The van der Waals surface area contributed by atoms with Crippen molar-refractivity contribution < 1.29 is 8.42 Å². The third kappa shape index (κ3) is 1.82. The highest BCUT2D eigenvalue weighted by Crippen LogP contribution is 2.28. The SMILES string of the molecule is CC1=NN(C)CC(c2ccccc2)S1(=O)=O. The van der Waals surface area contributed by atoms with Crippen molar-refractivity contribution >= 4 is 14.9 Å². The van der Waals surface area contributed by atoms with E-state index in [-0.39, 0.29) is 5.04 Å². The Bertz CT molecular complexity index is 508. The number of likely N-dealkylation sites (N-methyl/N-ethyl adjacent to an activating group) is 1. The molecule has 16 heavy (non-hydrogen) atoms. The zero-order valence-corrected chi connectivity index (χ0v) is 10.1. The van der Waals surface area contributed by atoms with Gasteiger partial charge in [0.1, 0.15) is 10.3 Å². The second-order valence-electron chi connectivity index (χ2n) is 3.90. The van der Waals surface area contributed by atoms with Crippen molar-refractivity contribution in [2.75, 3.05) is 13.6 Å². The zero-order chi connectivity index (χ0) is 11.8. The van der Waals surface area contributed by atoms with Gasteiger partial charge in [-0.25, -0.2) is 8.42 Å². The fourth-order valence-electron chi connectivity index (χ4n) is 1.83. The summed E-state index contributed by atoms with van der Waals surface area (Å²) in [7, 11) is -1.49. The zero-order valence-electron chi connectivity index (χ0n) is 9.29. The number of hydrogen-bond acceptors (Lipinski definition) is 4. The van der Waals surface area contributed by atoms with Gasteiger partial charge in [-0.05, 0) is 12.5 Å². The van der Waals surface area contributed by atoms with Gasteiger partial charge in [0.05, 0.1) is 6.54 Å². The molecule has 86 valence electrons. The third-order valence-electron chi connectivity index (χ3n) is 2.70. The molecule has 0 saturated heterocycles. The highest BCUT2D eigenvalue weighted by molar-refractivity contribution is 8.06. The Morgan fingerprint density at radius 3 is 2.56 bits per heavy atom. The van der Waals surface area contributed by atoms with Crippen LogP contribution in [-0.4, -0.2) is 32.1 Å². The van der Waals surface area contributed by atoms with Gasteiger partial charge in [-0.2, -0.15) is 5.10 Å². The molecule has 1 aromatic carbocycles. The molecule has 4 nitrogen and oxygen atoms in total. The predicted octanol–water partition coefficient (Wildman–Crippen LogP) is 1.42. The molecule has 1 aliphatic rings. The maximum Gasteiger partial charge on any atom is 0.201 e. The van der Waals surface area contributed by atoms with Crippen LogP contribution in [0.4, 0.5) is 0 Å². The monoisotopic (exact) mass is 238 g/mol. The van der Waals surface area contributed by atoms with Crippen LogP contribution >= 0.6 is 0 Å². The molecule has 0 N–H and O–H groups in total. The van der Waals surface area contributed by atoms with E-state index < -0.39 is 15.1 Å². The lowest BCUT2D eigenvalue weighted by atomic mass is 10.1. The van der Waals surface area contributed by atoms with Crippen LogP contribution in [0.25, 0.3) is 0 Å². The summed E-state index contributed by atoms with van der Waals surface area (Å²) < 4.78 is 24.2. The predicted molar refractivity (Wildman–Crippen MR) is 63.8 cm³/mol. The summed E-state index contributed by atoms with van der Waals surface area (Å²) in [5.74, 6) is 0. The van der Waals surface area contributed by atoms with Gasteiger partial charge in [-0.15, -0.1) is 0 Å². The summed E-state index contributed by atoms with van der Waals surface area (Å²) in [5, 5.41) is 5.33. The lowest BCUT2D eigenvalue weighted by molar-refractivity contribution is 0.345. The van der Waals surface area contributed by atoms with Crippen LogP contribution in [-0.2, 0) is 9.84 Å². The first-order chi connectivity index (χ1) is 7.51. The summed E-state index contributed by atoms with van der Waals surface area (Å²) >= 11 is 0. The molecule has 2 rings (SSSR count). The molecule has 0 spiro atoms. The molecular weight excluding hydrogens is 224 g/mol. The number of benzene rings is 1. The molecule has 0 saturated carbocycles. The molecule has 0 amide bonds. The van der Waals surface area contributed by atoms with Gasteiger partial charge in [-0.1, -0.05) is 30.3 Å². The molecular formula is C11H14N2O2S. The molecule has 1 aliphatic heterocycles. The smallest absolute Gasteiger partial charge is 0.201 e. The molecule has 0 fully saturated rings. The van der Waals surface area contributed by atoms with Crippen molar-refractivity contribution in [2.45, 2.75) is 12.2 Å². The molecule has 0 bridgehead atoms. The van der Waals surface area contributed by atoms with E-state index in [4.69, 9.17) is 0 Å². The highest BCUT2D eigenvalue weighted by Gasteiger charge is 2.34. The Hall–Kier alpha value is -1.36. The fraction of sp³-hybridized carbons (Fsp3) is 0.364. The van der Waals surface area contributed by atoms with E-state index in [1.54, 1.807) is 19.0 Å². The average molecular weight is 238 g/mol. The Morgan fingerprint density at radius 2 is 1.94 bits per heavy atom. The minimum atomic E-state index is -3.28. The van der Waals surface area contributed by atoms with Crippen molar-refractivity contribution in [1.82, 2.24) is 5.01 Å². The second-order valence-corrected chi connectivity index (χ2v) is 6.15. The summed E-state index contributed by atoms with van der Waals surface area (Å²) in [6.45, 7) is 1.95. The van der Waals surface area contributed by atoms with Crippen LogP contribution in [0.2, 0.25) is 0 Å². The largest absolute Gasteiger partial charge is 0.298 e. The maximum absolute atomic E-state index is 12.1. The summed E-state index contributed by atoms with van der Waals surface area (Å²) in [5.41, 5.74) is 0.823. The molecule has 1 unspecified atom stereocenters. The molecule has 1 atom stereocenters. The van der Waals surface area contributed by atoms with Gasteiger partial charge >= 0.3 is 0 Å². The van der Waals surface area contributed by atoms with Crippen LogP contribution < -0.4 is 0 Å². The summed E-state index contributed by atoms with van der Waals surface area (Å²) in [6, 6.07) is 9.27. The van der Waals surface area contributed by atoms with Gasteiger partial charge < -0.3 is 0 Å². The van der Waals surface area contributed by atoms with E-state index in [0.29, 0.717) is 6.54 Å². The maximum atomic E-state index is 12.1. The van der Waals surface area contributed by atoms with E-state index in [1.807, 2.05) is 30.3 Å². The Labute approximate surface area is 95.5 Å². The molecule has 1 heterocycles.